The van der Waals surface area contributed by atoms with Gasteiger partial charge in [-0.1, -0.05) is 0 Å². The van der Waals surface area contributed by atoms with E-state index in [9.17, 15) is 0 Å². The van der Waals surface area contributed by atoms with Crippen molar-refractivity contribution in [3.8, 4) is 0 Å². The van der Waals surface area contributed by atoms with Gasteiger partial charge in [-0.3, -0.25) is 0 Å². The van der Waals surface area contributed by atoms with Crippen molar-refractivity contribution in [3.63, 3.8) is 0 Å². The minimum atomic E-state index is 0. The van der Waals surface area contributed by atoms with Crippen LogP contribution in [0, 0.1) is 39.9 Å². The van der Waals surface area contributed by atoms with Gasteiger partial charge in [0.05, 0.1) is 0 Å². The maximum atomic E-state index is 0. The van der Waals surface area contributed by atoms with Gasteiger partial charge in [0, 0.05) is 0 Å². The number of halogens is 5. The Labute approximate surface area is 91.6 Å². The van der Waals surface area contributed by atoms with Gasteiger partial charge < -0.3 is 23.5 Å². The van der Waals surface area contributed by atoms with Gasteiger partial charge in [0.2, 0.25) is 0 Å². The minimum Gasteiger partial charge on any atom is -1.00 e. The molecule has 0 aliphatic carbocycles. The van der Waals surface area contributed by atoms with Gasteiger partial charge in [-0.05, 0) is 0 Å². The normalized spacial score (nSPS) is 0. The van der Waals surface area contributed by atoms with Gasteiger partial charge in [-0.15, -0.1) is 0 Å². The molecule has 0 bridgehead atoms. The van der Waals surface area contributed by atoms with E-state index in [1.807, 2.05) is 0 Å². The Kier molecular flexibility index (Phi) is 2080. The molecule has 0 saturated heterocycles. The molecule has 0 heterocycles. The van der Waals surface area contributed by atoms with E-state index in [4.69, 9.17) is 0 Å². The third-order valence-electron chi connectivity index (χ3n) is 0. The number of hydrogen-bond acceptors (Lipinski definition) is 0. The largest absolute Gasteiger partial charge is 4.00 e. The average molecular weight is 350 g/mol. The average Bonchev–Trinajstić information content (AvgIpc) is 0. The second-order valence-electron chi connectivity index (χ2n) is 0. The summed E-state index contributed by atoms with van der Waals surface area (Å²) in [6, 6.07) is 0. The summed E-state index contributed by atoms with van der Waals surface area (Å²) in [5, 5.41) is 0. The van der Waals surface area contributed by atoms with Gasteiger partial charge in [0.1, 0.15) is 0 Å². The Balaban J connectivity index is 0. The molecule has 0 atom stereocenters. The molecule has 0 aromatic rings. The van der Waals surface area contributed by atoms with Crippen LogP contribution in [0.4, 0.5) is 0 Å². The Bertz CT molecular complexity index is 8.04. The molecular formula is F5NaTh. The topological polar surface area (TPSA) is 0 Å². The van der Waals surface area contributed by atoms with E-state index in [0.717, 1.165) is 0 Å². The molecule has 0 unspecified atom stereocenters. The van der Waals surface area contributed by atoms with E-state index in [0.29, 0.717) is 0 Å². The molecule has 0 fully saturated rings. The van der Waals surface area contributed by atoms with E-state index >= 15 is 0 Å². The molecule has 7 heteroatoms. The number of hydrogen-bond donors (Lipinski definition) is 0. The van der Waals surface area contributed by atoms with Crippen LogP contribution >= 0.6 is 0 Å². The SMILES string of the molecule is [F-].[F-].[F-].[F-].[F-].[Na+].[Th+4]. The first-order valence-electron chi connectivity index (χ1n) is 0. The van der Waals surface area contributed by atoms with E-state index in [1.54, 1.807) is 0 Å². The van der Waals surface area contributed by atoms with Crippen LogP contribution in [-0.2, 0) is 0 Å². The van der Waals surface area contributed by atoms with Crippen molar-refractivity contribution >= 4 is 0 Å². The van der Waals surface area contributed by atoms with Crippen molar-refractivity contribution < 1.29 is 93.0 Å². The first-order valence-corrected chi connectivity index (χ1v) is 0. The molecule has 0 aromatic carbocycles. The summed E-state index contributed by atoms with van der Waals surface area (Å²) in [7, 11) is 0. The molecule has 0 radical (unpaired) electrons. The molecule has 0 saturated carbocycles. The molecule has 0 rings (SSSR count). The second kappa shape index (κ2) is 99.5. The molecule has 0 spiro atoms. The molecule has 0 N–H and O–H groups in total. The van der Waals surface area contributed by atoms with Gasteiger partial charge >= 0.3 is 69.5 Å². The fraction of sp³-hybridized carbons (Fsp3) is 0. The van der Waals surface area contributed by atoms with Crippen LogP contribution in [0.5, 0.6) is 0 Å². The predicted octanol–water partition coefficient (Wildman–Crippen LogP) is -18.0. The minimum absolute atomic E-state index is 0. The van der Waals surface area contributed by atoms with Crippen LogP contribution in [-0.4, -0.2) is 0 Å². The van der Waals surface area contributed by atoms with Gasteiger partial charge in [-0.2, -0.15) is 0 Å². The van der Waals surface area contributed by atoms with Crippen LogP contribution in [0.3, 0.4) is 0 Å². The van der Waals surface area contributed by atoms with E-state index in [-0.39, 0.29) is 93.0 Å². The smallest absolute Gasteiger partial charge is 1.00 e. The third-order valence-corrected chi connectivity index (χ3v) is 0. The summed E-state index contributed by atoms with van der Waals surface area (Å²) in [4.78, 5) is 0. The Morgan fingerprint density at radius 2 is 0.429 bits per heavy atom. The molecular weight excluding hydrogens is 350 g/mol. The molecule has 7 heavy (non-hydrogen) atoms. The summed E-state index contributed by atoms with van der Waals surface area (Å²) in [5.74, 6) is 0. The Hall–Kier alpha value is 1.97. The zero-order valence-electron chi connectivity index (χ0n) is 3.39. The van der Waals surface area contributed by atoms with Crippen LogP contribution in [0.15, 0.2) is 0 Å². The first-order chi connectivity index (χ1) is 0. The quantitative estimate of drug-likeness (QED) is 0.301. The van der Waals surface area contributed by atoms with Crippen LogP contribution in [0.1, 0.15) is 0 Å². The summed E-state index contributed by atoms with van der Waals surface area (Å²) in [5.41, 5.74) is 0. The van der Waals surface area contributed by atoms with Crippen LogP contribution < -0.4 is 53.1 Å². The molecule has 0 amide bonds. The van der Waals surface area contributed by atoms with E-state index < -0.39 is 0 Å². The third kappa shape index (κ3) is 73.0. The van der Waals surface area contributed by atoms with Crippen LogP contribution in [0.2, 0.25) is 0 Å². The Morgan fingerprint density at radius 3 is 0.429 bits per heavy atom. The molecule has 0 nitrogen and oxygen atoms in total. The second-order valence-corrected chi connectivity index (χ2v) is 0. The number of rotatable bonds is 0. The van der Waals surface area contributed by atoms with Gasteiger partial charge in [0.15, 0.2) is 0 Å². The maximum absolute atomic E-state index is 0. The predicted molar refractivity (Wildman–Crippen MR) is 0 cm³/mol. The molecule has 0 aromatic heterocycles. The van der Waals surface area contributed by atoms with Crippen molar-refractivity contribution in [2.24, 2.45) is 0 Å². The molecule has 0 aliphatic rings. The van der Waals surface area contributed by atoms with Crippen molar-refractivity contribution in [2.45, 2.75) is 0 Å². The summed E-state index contributed by atoms with van der Waals surface area (Å²) in [6.45, 7) is 0. The van der Waals surface area contributed by atoms with Crippen molar-refractivity contribution in [1.82, 2.24) is 0 Å². The summed E-state index contributed by atoms with van der Waals surface area (Å²) >= 11 is 0. The van der Waals surface area contributed by atoms with Crippen molar-refractivity contribution in [3.05, 3.63) is 0 Å². The van der Waals surface area contributed by atoms with E-state index in [2.05, 4.69) is 0 Å². The van der Waals surface area contributed by atoms with Crippen molar-refractivity contribution in [1.29, 1.82) is 0 Å². The zero-order valence-corrected chi connectivity index (χ0v) is 9.50. The first kappa shape index (κ1) is 146. The molecule has 0 aliphatic heterocycles. The van der Waals surface area contributed by atoms with Crippen molar-refractivity contribution in [2.75, 3.05) is 0 Å². The van der Waals surface area contributed by atoms with Gasteiger partial charge in [-0.25, -0.2) is 0 Å². The maximum Gasteiger partial charge on any atom is 4.00 e. The summed E-state index contributed by atoms with van der Waals surface area (Å²) in [6.07, 6.45) is 0. The standard InChI is InChI=1S/5FH.Na.Th/h5*1H;;/q;;;;;+1;+4/p-5. The van der Waals surface area contributed by atoms with E-state index in [1.165, 1.54) is 0 Å². The Morgan fingerprint density at radius 1 is 0.429 bits per heavy atom. The molecule has 40 valence electrons. The fourth-order valence-electron chi connectivity index (χ4n) is 0. The van der Waals surface area contributed by atoms with Crippen LogP contribution in [0.25, 0.3) is 0 Å². The summed E-state index contributed by atoms with van der Waals surface area (Å²) < 4.78 is 0. The van der Waals surface area contributed by atoms with Gasteiger partial charge in [0.25, 0.3) is 0 Å². The zero-order chi connectivity index (χ0) is 0. The monoisotopic (exact) mass is 350 g/mol. The fourth-order valence-corrected chi connectivity index (χ4v) is 0.